The number of carbonyl (C=O) groups excluding carboxylic acids is 1. The predicted octanol–water partition coefficient (Wildman–Crippen LogP) is 13.6. The molecular formula is C47H29BF24N2O. The minimum absolute atomic E-state index is 0.113. The second-order valence-corrected chi connectivity index (χ2v) is 16.8. The van der Waals surface area contributed by atoms with Gasteiger partial charge in [0, 0.05) is 5.56 Å². The molecule has 1 heterocycles. The first kappa shape index (κ1) is 59.1. The zero-order valence-corrected chi connectivity index (χ0v) is 37.3. The summed E-state index contributed by atoms with van der Waals surface area (Å²) in [5.41, 5.74) is -28.2. The fraction of sp³-hybridized carbons (Fsp3) is 0.255. The van der Waals surface area contributed by atoms with E-state index in [4.69, 9.17) is 0 Å². The fourth-order valence-corrected chi connectivity index (χ4v) is 7.83. The minimum Gasteiger partial charge on any atom is -0.287 e. The molecule has 0 saturated carbocycles. The molecule has 0 bridgehead atoms. The molecule has 0 radical (unpaired) electrons. The van der Waals surface area contributed by atoms with Crippen molar-refractivity contribution in [3.8, 4) is 0 Å². The minimum atomic E-state index is -6.13. The van der Waals surface area contributed by atoms with E-state index in [1.165, 1.54) is 5.56 Å². The second-order valence-electron chi connectivity index (χ2n) is 16.8. The topological polar surface area (TPSA) is 33.8 Å². The van der Waals surface area contributed by atoms with Gasteiger partial charge in [0.25, 0.3) is 0 Å². The Hall–Kier alpha value is -6.77. The maximum absolute atomic E-state index is 14.2. The van der Waals surface area contributed by atoms with Gasteiger partial charge >= 0.3 is 49.4 Å². The van der Waals surface area contributed by atoms with Gasteiger partial charge in [-0.05, 0) is 35.7 Å². The van der Waals surface area contributed by atoms with Gasteiger partial charge in [-0.25, -0.2) is 0 Å². The van der Waals surface area contributed by atoms with Gasteiger partial charge in [-0.15, -0.1) is 0 Å². The molecule has 0 atom stereocenters. The molecule has 0 unspecified atom stereocenters. The second kappa shape index (κ2) is 20.4. The number of nitrogens with zero attached hydrogens (tertiary/aromatic N) is 2. The van der Waals surface area contributed by atoms with Crippen LogP contribution in [-0.2, 0) is 56.0 Å². The molecule has 0 saturated heterocycles. The Bertz CT molecular complexity index is 2560. The molecule has 0 spiro atoms. The van der Waals surface area contributed by atoms with Crippen LogP contribution in [0.1, 0.15) is 80.2 Å². The van der Waals surface area contributed by atoms with Crippen molar-refractivity contribution >= 4 is 33.8 Å². The number of Topliss-reactive ketones (excluding diaryl/α,β-unsaturated/α-hetero) is 1. The van der Waals surface area contributed by atoms with Gasteiger partial charge in [0.15, 0.2) is 12.4 Å². The van der Waals surface area contributed by atoms with Crippen LogP contribution in [-0.4, -0.2) is 16.9 Å². The van der Waals surface area contributed by atoms with E-state index in [2.05, 4.69) is 18.8 Å². The summed E-state index contributed by atoms with van der Waals surface area (Å²) in [7, 11) is 0. The maximum Gasteiger partial charge on any atom is 0.416 e. The lowest BCUT2D eigenvalue weighted by Crippen LogP contribution is -2.75. The van der Waals surface area contributed by atoms with Crippen molar-refractivity contribution in [3.63, 3.8) is 0 Å². The normalized spacial score (nSPS) is 13.4. The van der Waals surface area contributed by atoms with E-state index >= 15 is 0 Å². The highest BCUT2D eigenvalue weighted by Crippen LogP contribution is 2.41. The van der Waals surface area contributed by atoms with E-state index in [1.54, 1.807) is 24.8 Å². The van der Waals surface area contributed by atoms with Crippen LogP contribution in [0.3, 0.4) is 0 Å². The first-order valence-electron chi connectivity index (χ1n) is 20.7. The van der Waals surface area contributed by atoms with E-state index in [9.17, 15) is 110 Å². The van der Waals surface area contributed by atoms with Gasteiger partial charge in [-0.2, -0.15) is 132 Å². The molecule has 75 heavy (non-hydrogen) atoms. The highest BCUT2D eigenvalue weighted by atomic mass is 19.4. The Morgan fingerprint density at radius 1 is 0.400 bits per heavy atom. The largest absolute Gasteiger partial charge is 0.416 e. The molecule has 0 amide bonds. The molecule has 0 N–H and O–H groups in total. The number of hydrogen-bond acceptors (Lipinski definition) is 2. The lowest BCUT2D eigenvalue weighted by molar-refractivity contribution is -0.683. The first-order chi connectivity index (χ1) is 33.9. The van der Waals surface area contributed by atoms with Crippen LogP contribution in [0.25, 0.3) is 0 Å². The smallest absolute Gasteiger partial charge is 0.287 e. The monoisotopic (exact) mass is 1100 g/mol. The van der Waals surface area contributed by atoms with Crippen molar-refractivity contribution in [2.24, 2.45) is 0 Å². The molecule has 404 valence electrons. The van der Waals surface area contributed by atoms with E-state index in [-0.39, 0.29) is 5.78 Å². The van der Waals surface area contributed by atoms with Gasteiger partial charge in [-0.3, -0.25) is 9.78 Å². The highest BCUT2D eigenvalue weighted by molar-refractivity contribution is 7.20. The number of halogens is 24. The van der Waals surface area contributed by atoms with Crippen LogP contribution in [0.4, 0.5) is 105 Å². The van der Waals surface area contributed by atoms with Crippen LogP contribution in [0, 0.1) is 0 Å². The molecule has 6 rings (SSSR count). The van der Waals surface area contributed by atoms with Crippen LogP contribution in [0.5, 0.6) is 0 Å². The average molecular weight is 1100 g/mol. The maximum atomic E-state index is 14.2. The molecular weight excluding hydrogens is 1080 g/mol. The standard InChI is InChI=1S/C32H12BF24.C15H17N2O/c34-25(35,36)13-1-14(26(37,38)39)6-21(5-13)33(22-7-15(27(40,41)42)2-16(8-22)28(43,44)45,23-9-17(29(46,47)48)3-18(10-23)30(49,50)51)24-11-19(31(52,53)54)4-20(12-24)32(55,56)57;1-12(2)13-3-5-14(6-4-13)15(18)11-17-9-7-16-8-10-17/h1-12H;3-10,12H,11H2,1-2H3/q-1;+1. The molecule has 6 aromatic rings. The van der Waals surface area contributed by atoms with Gasteiger partial charge in [0.1, 0.15) is 6.15 Å². The number of carbonyl (C=O) groups is 1. The highest BCUT2D eigenvalue weighted by Gasteiger charge is 2.47. The van der Waals surface area contributed by atoms with Gasteiger partial charge in [0.05, 0.1) is 56.9 Å². The van der Waals surface area contributed by atoms with Crippen molar-refractivity contribution in [1.82, 2.24) is 4.98 Å². The third-order valence-corrected chi connectivity index (χ3v) is 11.4. The van der Waals surface area contributed by atoms with Crippen LogP contribution >= 0.6 is 0 Å². The summed E-state index contributed by atoms with van der Waals surface area (Å²) in [5.74, 6) is 0.602. The van der Waals surface area contributed by atoms with Gasteiger partial charge in [-0.1, -0.05) is 86.6 Å². The van der Waals surface area contributed by atoms with Crippen molar-refractivity contribution in [3.05, 3.63) is 177 Å². The molecule has 0 aliphatic heterocycles. The predicted molar refractivity (Wildman–Crippen MR) is 219 cm³/mol. The first-order valence-corrected chi connectivity index (χ1v) is 20.7. The lowest BCUT2D eigenvalue weighted by Gasteiger charge is -2.46. The van der Waals surface area contributed by atoms with E-state index in [0.717, 1.165) is 5.56 Å². The van der Waals surface area contributed by atoms with Crippen molar-refractivity contribution in [2.45, 2.75) is 75.7 Å². The van der Waals surface area contributed by atoms with Gasteiger partial charge < -0.3 is 0 Å². The quantitative estimate of drug-likeness (QED) is 0.0659. The molecule has 3 nitrogen and oxygen atoms in total. The number of rotatable bonds is 8. The summed E-state index contributed by atoms with van der Waals surface area (Å²) in [6.07, 6.45) is -47.9. The molecule has 0 aliphatic carbocycles. The Morgan fingerprint density at radius 2 is 0.627 bits per heavy atom. The summed E-state index contributed by atoms with van der Waals surface area (Å²) in [6.45, 7) is 4.64. The summed E-state index contributed by atoms with van der Waals surface area (Å²) >= 11 is 0. The van der Waals surface area contributed by atoms with Crippen LogP contribution in [0.2, 0.25) is 0 Å². The van der Waals surface area contributed by atoms with E-state index < -0.39 is 195 Å². The molecule has 0 aliphatic rings. The van der Waals surface area contributed by atoms with E-state index in [0.29, 0.717) is 12.5 Å². The molecule has 5 aromatic carbocycles. The summed E-state index contributed by atoms with van der Waals surface area (Å²) in [4.78, 5) is 16.0. The van der Waals surface area contributed by atoms with E-state index in [1.807, 2.05) is 28.8 Å². The third kappa shape index (κ3) is 13.9. The fourth-order valence-electron chi connectivity index (χ4n) is 7.83. The summed E-state index contributed by atoms with van der Waals surface area (Å²) in [6, 6.07) is -0.960. The third-order valence-electron chi connectivity index (χ3n) is 11.4. The van der Waals surface area contributed by atoms with Gasteiger partial charge in [0.2, 0.25) is 12.3 Å². The Morgan fingerprint density at radius 3 is 0.827 bits per heavy atom. The number of alkyl halides is 24. The van der Waals surface area contributed by atoms with Crippen molar-refractivity contribution in [2.75, 3.05) is 0 Å². The van der Waals surface area contributed by atoms with Crippen molar-refractivity contribution in [1.29, 1.82) is 0 Å². The Balaban J connectivity index is 0.000000483. The molecule has 0 fully saturated rings. The average Bonchev–Trinajstić information content (AvgIpc) is 3.27. The van der Waals surface area contributed by atoms with Crippen LogP contribution < -0.4 is 26.4 Å². The molecule has 28 heteroatoms. The number of aromatic nitrogens is 2. The zero-order chi connectivity index (χ0) is 56.9. The van der Waals surface area contributed by atoms with Crippen molar-refractivity contribution < 1.29 is 115 Å². The Kier molecular flexibility index (Phi) is 16.1. The lowest BCUT2D eigenvalue weighted by atomic mass is 9.12. The SMILES string of the molecule is CC(C)c1ccc(C(=O)C[n+]2ccncc2)cc1.FC(F)(F)c1cc([B-](c2cc(C(F)(F)F)cc(C(F)(F)F)c2)(c2cc(C(F)(F)F)cc(C(F)(F)F)c2)c2cc(C(F)(F)F)cc(C(F)(F)F)c2)cc(C(F)(F)F)c1. The Labute approximate surface area is 406 Å². The van der Waals surface area contributed by atoms with Crippen LogP contribution in [0.15, 0.2) is 122 Å². The zero-order valence-electron chi connectivity index (χ0n) is 37.3. The summed E-state index contributed by atoms with van der Waals surface area (Å²) in [5, 5.41) is 0. The number of benzene rings is 5. The number of ketones is 1. The number of hydrogen-bond donors (Lipinski definition) is 0. The molecule has 1 aromatic heterocycles. The summed E-state index contributed by atoms with van der Waals surface area (Å²) < 4.78 is 343.